The maximum atomic E-state index is 6.15. The molecule has 2 aliphatic rings. The fraction of sp³-hybridized carbons (Fsp3) is 0.500. The molecular weight excluding hydrogens is 242 g/mol. The Morgan fingerprint density at radius 2 is 2.17 bits per heavy atom. The summed E-state index contributed by atoms with van der Waals surface area (Å²) in [7, 11) is 0. The molecule has 1 spiro atoms. The van der Waals surface area contributed by atoms with Gasteiger partial charge in [0.1, 0.15) is 0 Å². The van der Waals surface area contributed by atoms with Crippen LogP contribution in [-0.4, -0.2) is 29.0 Å². The summed E-state index contributed by atoms with van der Waals surface area (Å²) < 4.78 is 0. The molecule has 2 atom stereocenters. The largest absolute Gasteiger partial charge is 0.369 e. The molecule has 0 amide bonds. The van der Waals surface area contributed by atoms with Crippen molar-refractivity contribution < 1.29 is 0 Å². The van der Waals surface area contributed by atoms with Crippen molar-refractivity contribution in [1.29, 1.82) is 0 Å². The standard InChI is InChI=1S/C14H19N3S/c1-11-14(8-5-9-18-11)10-16-13(15)17(14)12-6-3-2-4-7-12/h2-4,6-7,11H,5,8-10H2,1H3,(H2,15,16). The van der Waals surface area contributed by atoms with Crippen LogP contribution in [0.5, 0.6) is 0 Å². The van der Waals surface area contributed by atoms with Gasteiger partial charge in [-0.1, -0.05) is 25.1 Å². The average molecular weight is 261 g/mol. The summed E-state index contributed by atoms with van der Waals surface area (Å²) in [4.78, 5) is 6.80. The second-order valence-corrected chi connectivity index (χ2v) is 6.51. The normalized spacial score (nSPS) is 31.7. The third-order valence-corrected chi connectivity index (χ3v) is 5.55. The number of guanidine groups is 1. The van der Waals surface area contributed by atoms with Gasteiger partial charge in [-0.05, 0) is 30.7 Å². The third-order valence-electron chi connectivity index (χ3n) is 4.08. The van der Waals surface area contributed by atoms with Crippen molar-refractivity contribution in [3.8, 4) is 0 Å². The van der Waals surface area contributed by atoms with Crippen LogP contribution in [0.1, 0.15) is 19.8 Å². The van der Waals surface area contributed by atoms with Crippen LogP contribution in [0.15, 0.2) is 35.3 Å². The molecule has 1 saturated heterocycles. The van der Waals surface area contributed by atoms with E-state index in [1.807, 2.05) is 17.8 Å². The smallest absolute Gasteiger partial charge is 0.196 e. The Labute approximate surface area is 112 Å². The van der Waals surface area contributed by atoms with Gasteiger partial charge in [-0.3, -0.25) is 4.99 Å². The number of benzene rings is 1. The molecule has 3 nitrogen and oxygen atoms in total. The lowest BCUT2D eigenvalue weighted by atomic mass is 9.88. The van der Waals surface area contributed by atoms with Crippen molar-refractivity contribution >= 4 is 23.4 Å². The van der Waals surface area contributed by atoms with E-state index >= 15 is 0 Å². The molecule has 4 heteroatoms. The van der Waals surface area contributed by atoms with Crippen LogP contribution in [0.2, 0.25) is 0 Å². The Kier molecular flexibility index (Phi) is 2.98. The Morgan fingerprint density at radius 3 is 2.89 bits per heavy atom. The lowest BCUT2D eigenvalue weighted by molar-refractivity contribution is 0.404. The lowest BCUT2D eigenvalue weighted by Crippen LogP contribution is -2.58. The van der Waals surface area contributed by atoms with Crippen LogP contribution >= 0.6 is 11.8 Å². The molecule has 0 saturated carbocycles. The molecule has 2 unspecified atom stereocenters. The second kappa shape index (κ2) is 4.50. The maximum absolute atomic E-state index is 6.15. The van der Waals surface area contributed by atoms with E-state index in [-0.39, 0.29) is 5.54 Å². The van der Waals surface area contributed by atoms with E-state index in [1.165, 1.54) is 24.3 Å². The van der Waals surface area contributed by atoms with Crippen LogP contribution in [-0.2, 0) is 0 Å². The number of rotatable bonds is 1. The summed E-state index contributed by atoms with van der Waals surface area (Å²) in [5.41, 5.74) is 7.41. The van der Waals surface area contributed by atoms with Crippen molar-refractivity contribution in [2.24, 2.45) is 10.7 Å². The highest BCUT2D eigenvalue weighted by molar-refractivity contribution is 8.00. The monoisotopic (exact) mass is 261 g/mol. The summed E-state index contributed by atoms with van der Waals surface area (Å²) in [6, 6.07) is 10.4. The summed E-state index contributed by atoms with van der Waals surface area (Å²) >= 11 is 2.04. The van der Waals surface area contributed by atoms with Gasteiger partial charge in [0.25, 0.3) is 0 Å². The number of thioether (sulfide) groups is 1. The van der Waals surface area contributed by atoms with Gasteiger partial charge in [0, 0.05) is 10.9 Å². The summed E-state index contributed by atoms with van der Waals surface area (Å²) in [6.45, 7) is 3.15. The first-order valence-electron chi connectivity index (χ1n) is 6.51. The fourth-order valence-electron chi connectivity index (χ4n) is 3.05. The van der Waals surface area contributed by atoms with Crippen LogP contribution in [0, 0.1) is 0 Å². The van der Waals surface area contributed by atoms with E-state index in [1.54, 1.807) is 0 Å². The highest BCUT2D eigenvalue weighted by atomic mass is 32.2. The van der Waals surface area contributed by atoms with Crippen molar-refractivity contribution in [1.82, 2.24) is 0 Å². The number of nitrogens with zero attached hydrogens (tertiary/aromatic N) is 2. The highest BCUT2D eigenvalue weighted by Gasteiger charge is 2.48. The van der Waals surface area contributed by atoms with Gasteiger partial charge in [-0.15, -0.1) is 0 Å². The fourth-order valence-corrected chi connectivity index (χ4v) is 4.32. The van der Waals surface area contributed by atoms with Crippen molar-refractivity contribution in [2.45, 2.75) is 30.6 Å². The minimum atomic E-state index is 0.0916. The lowest BCUT2D eigenvalue weighted by Gasteiger charge is -2.46. The van der Waals surface area contributed by atoms with Crippen LogP contribution in [0.25, 0.3) is 0 Å². The Hall–Kier alpha value is -1.16. The Morgan fingerprint density at radius 1 is 1.39 bits per heavy atom. The van der Waals surface area contributed by atoms with E-state index in [9.17, 15) is 0 Å². The number of nitrogens with two attached hydrogens (primary N) is 1. The van der Waals surface area contributed by atoms with Gasteiger partial charge >= 0.3 is 0 Å². The molecule has 3 rings (SSSR count). The molecule has 2 N–H and O–H groups in total. The molecule has 1 fully saturated rings. The zero-order chi connectivity index (χ0) is 12.6. The molecular formula is C14H19N3S. The van der Waals surface area contributed by atoms with Gasteiger partial charge in [-0.2, -0.15) is 11.8 Å². The van der Waals surface area contributed by atoms with Crippen molar-refractivity contribution in [3.63, 3.8) is 0 Å². The Balaban J connectivity index is 2.01. The van der Waals surface area contributed by atoms with Gasteiger partial charge in [-0.25, -0.2) is 0 Å². The van der Waals surface area contributed by atoms with Crippen LogP contribution in [0.3, 0.4) is 0 Å². The first kappa shape index (κ1) is 11.9. The summed E-state index contributed by atoms with van der Waals surface area (Å²) in [5.74, 6) is 1.93. The number of para-hydroxylation sites is 1. The maximum Gasteiger partial charge on any atom is 0.196 e. The molecule has 0 aliphatic carbocycles. The van der Waals surface area contributed by atoms with Gasteiger partial charge in [0.05, 0.1) is 12.1 Å². The van der Waals surface area contributed by atoms with Gasteiger partial charge < -0.3 is 10.6 Å². The van der Waals surface area contributed by atoms with E-state index in [4.69, 9.17) is 5.73 Å². The van der Waals surface area contributed by atoms with E-state index in [0.29, 0.717) is 11.2 Å². The molecule has 1 aromatic rings. The van der Waals surface area contributed by atoms with E-state index in [2.05, 4.69) is 41.1 Å². The number of aliphatic imine (C=N–C) groups is 1. The average Bonchev–Trinajstić information content (AvgIpc) is 2.73. The van der Waals surface area contributed by atoms with Crippen molar-refractivity contribution in [3.05, 3.63) is 30.3 Å². The minimum Gasteiger partial charge on any atom is -0.369 e. The zero-order valence-corrected chi connectivity index (χ0v) is 11.5. The zero-order valence-electron chi connectivity index (χ0n) is 10.7. The second-order valence-electron chi connectivity index (χ2n) is 5.07. The van der Waals surface area contributed by atoms with Gasteiger partial charge in [0.15, 0.2) is 5.96 Å². The van der Waals surface area contributed by atoms with Crippen LogP contribution in [0.4, 0.5) is 5.69 Å². The predicted molar refractivity (Wildman–Crippen MR) is 79.3 cm³/mol. The number of hydrogen-bond acceptors (Lipinski definition) is 4. The number of hydrogen-bond donors (Lipinski definition) is 1. The molecule has 0 aromatic heterocycles. The topological polar surface area (TPSA) is 41.6 Å². The molecule has 0 bridgehead atoms. The molecule has 2 heterocycles. The molecule has 0 radical (unpaired) electrons. The third kappa shape index (κ3) is 1.70. The predicted octanol–water partition coefficient (Wildman–Crippen LogP) is 2.48. The first-order valence-corrected chi connectivity index (χ1v) is 7.56. The molecule has 18 heavy (non-hydrogen) atoms. The summed E-state index contributed by atoms with van der Waals surface area (Å²) in [5, 5.41) is 0.566. The Bertz CT molecular complexity index is 459. The first-order chi connectivity index (χ1) is 8.74. The highest BCUT2D eigenvalue weighted by Crippen LogP contribution is 2.43. The molecule has 1 aromatic carbocycles. The van der Waals surface area contributed by atoms with E-state index < -0.39 is 0 Å². The SMILES string of the molecule is CC1SCCCC12CN=C(N)N2c1ccccc1. The summed E-state index contributed by atoms with van der Waals surface area (Å²) in [6.07, 6.45) is 2.43. The van der Waals surface area contributed by atoms with Gasteiger partial charge in [0.2, 0.25) is 0 Å². The number of anilines is 1. The minimum absolute atomic E-state index is 0.0916. The van der Waals surface area contributed by atoms with Crippen LogP contribution < -0.4 is 10.6 Å². The van der Waals surface area contributed by atoms with Crippen molar-refractivity contribution in [2.75, 3.05) is 17.2 Å². The molecule has 96 valence electrons. The van der Waals surface area contributed by atoms with E-state index in [0.717, 1.165) is 6.54 Å². The molecule has 2 aliphatic heterocycles. The quantitative estimate of drug-likeness (QED) is 0.844.